The zero-order chi connectivity index (χ0) is 20.9. The first kappa shape index (κ1) is 19.6. The molecule has 1 saturated heterocycles. The standard InChI is InChI=1S/C22H23N5O3/c1-30-19-5-2-4-17(14-19)15-21(28)25-10-12-26(13-11-25)22(29)18-6-7-20(23-16-18)27-9-3-8-24-27/h2-9,14,16H,10-13,15H2,1H3. The van der Waals surface area contributed by atoms with Gasteiger partial charge < -0.3 is 14.5 Å². The van der Waals surface area contributed by atoms with Gasteiger partial charge in [-0.25, -0.2) is 9.67 Å². The maximum atomic E-state index is 12.8. The third-order valence-electron chi connectivity index (χ3n) is 5.14. The van der Waals surface area contributed by atoms with Crippen molar-refractivity contribution in [3.8, 4) is 11.6 Å². The summed E-state index contributed by atoms with van der Waals surface area (Å²) in [7, 11) is 1.61. The van der Waals surface area contributed by atoms with Crippen LogP contribution in [0.4, 0.5) is 0 Å². The molecule has 1 aromatic carbocycles. The van der Waals surface area contributed by atoms with Crippen molar-refractivity contribution in [2.24, 2.45) is 0 Å². The largest absolute Gasteiger partial charge is 0.497 e. The topological polar surface area (TPSA) is 80.6 Å². The third-order valence-corrected chi connectivity index (χ3v) is 5.14. The lowest BCUT2D eigenvalue weighted by Gasteiger charge is -2.35. The molecule has 4 rings (SSSR count). The minimum Gasteiger partial charge on any atom is -0.497 e. The van der Waals surface area contributed by atoms with Crippen molar-refractivity contribution in [2.45, 2.75) is 6.42 Å². The predicted octanol–water partition coefficient (Wildman–Crippen LogP) is 1.80. The number of hydrogen-bond acceptors (Lipinski definition) is 5. The highest BCUT2D eigenvalue weighted by Gasteiger charge is 2.25. The molecule has 1 aliphatic rings. The molecule has 0 atom stereocenters. The molecule has 0 radical (unpaired) electrons. The van der Waals surface area contributed by atoms with Crippen molar-refractivity contribution in [3.63, 3.8) is 0 Å². The lowest BCUT2D eigenvalue weighted by molar-refractivity contribution is -0.131. The van der Waals surface area contributed by atoms with Crippen molar-refractivity contribution < 1.29 is 14.3 Å². The highest BCUT2D eigenvalue weighted by molar-refractivity contribution is 5.94. The Hall–Kier alpha value is -3.68. The number of rotatable bonds is 5. The molecule has 0 bridgehead atoms. The molecule has 154 valence electrons. The van der Waals surface area contributed by atoms with Crippen LogP contribution in [0.5, 0.6) is 5.75 Å². The molecule has 1 aliphatic heterocycles. The van der Waals surface area contributed by atoms with Gasteiger partial charge in [0.2, 0.25) is 5.91 Å². The average molecular weight is 405 g/mol. The van der Waals surface area contributed by atoms with E-state index < -0.39 is 0 Å². The zero-order valence-corrected chi connectivity index (χ0v) is 16.8. The van der Waals surface area contributed by atoms with Crippen molar-refractivity contribution in [3.05, 3.63) is 72.2 Å². The molecule has 0 spiro atoms. The van der Waals surface area contributed by atoms with Crippen LogP contribution in [0, 0.1) is 0 Å². The van der Waals surface area contributed by atoms with Gasteiger partial charge in [-0.15, -0.1) is 0 Å². The molecule has 8 nitrogen and oxygen atoms in total. The van der Waals surface area contributed by atoms with E-state index in [0.29, 0.717) is 44.0 Å². The molecule has 3 heterocycles. The number of pyridine rings is 1. The van der Waals surface area contributed by atoms with Gasteiger partial charge in [0.1, 0.15) is 5.75 Å². The van der Waals surface area contributed by atoms with Crippen LogP contribution in [0.25, 0.3) is 5.82 Å². The Kier molecular flexibility index (Phi) is 5.74. The molecule has 2 amide bonds. The molecule has 1 fully saturated rings. The summed E-state index contributed by atoms with van der Waals surface area (Å²) >= 11 is 0. The average Bonchev–Trinajstić information content (AvgIpc) is 3.34. The number of aromatic nitrogens is 3. The molecule has 3 aromatic rings. The van der Waals surface area contributed by atoms with Gasteiger partial charge in [0.05, 0.1) is 19.1 Å². The smallest absolute Gasteiger partial charge is 0.255 e. The van der Waals surface area contributed by atoms with E-state index in [2.05, 4.69) is 10.1 Å². The molecule has 8 heteroatoms. The Morgan fingerprint density at radius 2 is 1.83 bits per heavy atom. The fraction of sp³-hybridized carbons (Fsp3) is 0.273. The minimum atomic E-state index is -0.0746. The van der Waals surface area contributed by atoms with Crippen molar-refractivity contribution >= 4 is 11.8 Å². The second-order valence-corrected chi connectivity index (χ2v) is 7.06. The van der Waals surface area contributed by atoms with Crippen LogP contribution in [-0.2, 0) is 11.2 Å². The molecule has 0 aliphatic carbocycles. The van der Waals surface area contributed by atoms with Gasteiger partial charge in [0, 0.05) is 44.8 Å². The normalized spacial score (nSPS) is 13.9. The zero-order valence-electron chi connectivity index (χ0n) is 16.8. The molecular weight excluding hydrogens is 382 g/mol. The molecule has 30 heavy (non-hydrogen) atoms. The van der Waals surface area contributed by atoms with Crippen LogP contribution >= 0.6 is 0 Å². The van der Waals surface area contributed by atoms with E-state index in [1.54, 1.807) is 47.4 Å². The first-order valence-electron chi connectivity index (χ1n) is 9.80. The number of carbonyl (C=O) groups is 2. The minimum absolute atomic E-state index is 0.0561. The summed E-state index contributed by atoms with van der Waals surface area (Å²) in [6.07, 6.45) is 5.37. The Bertz CT molecular complexity index is 1010. The Morgan fingerprint density at radius 3 is 2.50 bits per heavy atom. The van der Waals surface area contributed by atoms with E-state index >= 15 is 0 Å². The maximum absolute atomic E-state index is 12.8. The van der Waals surface area contributed by atoms with Gasteiger partial charge in [0.15, 0.2) is 5.82 Å². The van der Waals surface area contributed by atoms with Crippen molar-refractivity contribution in [2.75, 3.05) is 33.3 Å². The van der Waals surface area contributed by atoms with Gasteiger partial charge >= 0.3 is 0 Å². The number of ether oxygens (including phenoxy) is 1. The van der Waals surface area contributed by atoms with Crippen LogP contribution in [0.2, 0.25) is 0 Å². The predicted molar refractivity (Wildman–Crippen MR) is 111 cm³/mol. The summed E-state index contributed by atoms with van der Waals surface area (Å²) in [5.74, 6) is 1.38. The van der Waals surface area contributed by atoms with Gasteiger partial charge in [-0.05, 0) is 35.9 Å². The highest BCUT2D eigenvalue weighted by Crippen LogP contribution is 2.15. The maximum Gasteiger partial charge on any atom is 0.255 e. The Balaban J connectivity index is 1.32. The van der Waals surface area contributed by atoms with Crippen LogP contribution in [0.15, 0.2) is 61.1 Å². The van der Waals surface area contributed by atoms with Crippen LogP contribution in [0.1, 0.15) is 15.9 Å². The monoisotopic (exact) mass is 405 g/mol. The summed E-state index contributed by atoms with van der Waals surface area (Å²) in [5.41, 5.74) is 1.45. The summed E-state index contributed by atoms with van der Waals surface area (Å²) < 4.78 is 6.85. The fourth-order valence-corrected chi connectivity index (χ4v) is 3.46. The molecular formula is C22H23N5O3. The molecule has 2 aromatic heterocycles. The fourth-order valence-electron chi connectivity index (χ4n) is 3.46. The van der Waals surface area contributed by atoms with Gasteiger partial charge in [-0.2, -0.15) is 5.10 Å². The summed E-state index contributed by atoms with van der Waals surface area (Å²) in [6.45, 7) is 2.05. The van der Waals surface area contributed by atoms with E-state index in [-0.39, 0.29) is 11.8 Å². The lowest BCUT2D eigenvalue weighted by atomic mass is 10.1. The van der Waals surface area contributed by atoms with Crippen LogP contribution in [0.3, 0.4) is 0 Å². The molecule has 0 saturated carbocycles. The van der Waals surface area contributed by atoms with Crippen molar-refractivity contribution in [1.82, 2.24) is 24.6 Å². The summed E-state index contributed by atoms with van der Waals surface area (Å²) in [4.78, 5) is 33.3. The Labute approximate surface area is 174 Å². The Morgan fingerprint density at radius 1 is 1.03 bits per heavy atom. The van der Waals surface area contributed by atoms with E-state index in [9.17, 15) is 9.59 Å². The van der Waals surface area contributed by atoms with Crippen LogP contribution < -0.4 is 4.74 Å². The van der Waals surface area contributed by atoms with E-state index in [1.165, 1.54) is 0 Å². The van der Waals surface area contributed by atoms with Crippen LogP contribution in [-0.4, -0.2) is 69.7 Å². The number of amides is 2. The number of nitrogens with zero attached hydrogens (tertiary/aromatic N) is 5. The number of benzene rings is 1. The third kappa shape index (κ3) is 4.32. The number of hydrogen-bond donors (Lipinski definition) is 0. The number of methoxy groups -OCH3 is 1. The van der Waals surface area contributed by atoms with E-state index in [1.807, 2.05) is 35.2 Å². The molecule has 0 unspecified atom stereocenters. The van der Waals surface area contributed by atoms with Crippen molar-refractivity contribution in [1.29, 1.82) is 0 Å². The quantitative estimate of drug-likeness (QED) is 0.647. The second kappa shape index (κ2) is 8.77. The molecule has 0 N–H and O–H groups in total. The highest BCUT2D eigenvalue weighted by atomic mass is 16.5. The first-order chi connectivity index (χ1) is 14.6. The second-order valence-electron chi connectivity index (χ2n) is 7.06. The summed E-state index contributed by atoms with van der Waals surface area (Å²) in [5, 5.41) is 4.13. The van der Waals surface area contributed by atoms with E-state index in [4.69, 9.17) is 4.74 Å². The van der Waals surface area contributed by atoms with Gasteiger partial charge in [-0.3, -0.25) is 9.59 Å². The SMILES string of the molecule is COc1cccc(CC(=O)N2CCN(C(=O)c3ccc(-n4cccn4)nc3)CC2)c1. The van der Waals surface area contributed by atoms with Gasteiger partial charge in [0.25, 0.3) is 5.91 Å². The van der Waals surface area contributed by atoms with E-state index in [0.717, 1.165) is 11.3 Å². The summed E-state index contributed by atoms with van der Waals surface area (Å²) in [6, 6.07) is 12.9. The lowest BCUT2D eigenvalue weighted by Crippen LogP contribution is -2.51. The first-order valence-corrected chi connectivity index (χ1v) is 9.80. The number of carbonyl (C=O) groups excluding carboxylic acids is 2. The van der Waals surface area contributed by atoms with Gasteiger partial charge in [-0.1, -0.05) is 12.1 Å². The number of piperazine rings is 1.